The molecule has 18 heavy (non-hydrogen) atoms. The molecule has 0 aliphatic rings. The summed E-state index contributed by atoms with van der Waals surface area (Å²) in [4.78, 5) is 5.54. The summed E-state index contributed by atoms with van der Waals surface area (Å²) in [5.74, 6) is 0.869. The molecular weight excluding hydrogens is 240 g/mol. The molecule has 1 heterocycles. The second kappa shape index (κ2) is 6.03. The van der Waals surface area contributed by atoms with Crippen molar-refractivity contribution in [2.75, 3.05) is 5.75 Å². The van der Waals surface area contributed by atoms with Crippen molar-refractivity contribution in [1.82, 2.24) is 4.98 Å². The van der Waals surface area contributed by atoms with Crippen molar-refractivity contribution in [3.05, 3.63) is 59.4 Å². The van der Waals surface area contributed by atoms with Gasteiger partial charge in [-0.1, -0.05) is 23.8 Å². The fraction of sp³-hybridized carbons (Fsp3) is 0.267. The molecule has 2 nitrogen and oxygen atoms in total. The maximum atomic E-state index is 6.16. The van der Waals surface area contributed by atoms with Gasteiger partial charge in [-0.25, -0.2) is 0 Å². The number of benzene rings is 1. The van der Waals surface area contributed by atoms with Crippen molar-refractivity contribution in [3.8, 4) is 0 Å². The molecule has 0 fully saturated rings. The molecule has 94 valence electrons. The predicted octanol–water partition coefficient (Wildman–Crippen LogP) is 3.49. The van der Waals surface area contributed by atoms with Gasteiger partial charge in [-0.2, -0.15) is 0 Å². The third-order valence-corrected chi connectivity index (χ3v) is 3.94. The van der Waals surface area contributed by atoms with Crippen LogP contribution in [0.4, 0.5) is 0 Å². The summed E-state index contributed by atoms with van der Waals surface area (Å²) in [6.07, 6.45) is 1.87. The number of aromatic nitrogens is 1. The van der Waals surface area contributed by atoms with Crippen molar-refractivity contribution in [2.45, 2.75) is 24.8 Å². The predicted molar refractivity (Wildman–Crippen MR) is 77.8 cm³/mol. The average molecular weight is 258 g/mol. The normalized spacial score (nSPS) is 12.4. The minimum absolute atomic E-state index is 0.0319. The molecule has 0 saturated heterocycles. The van der Waals surface area contributed by atoms with Crippen LogP contribution in [-0.2, 0) is 0 Å². The number of nitrogens with zero attached hydrogens (tertiary/aromatic N) is 1. The Balaban J connectivity index is 1.93. The molecule has 3 heteroatoms. The molecule has 1 atom stereocenters. The smallest absolute Gasteiger partial charge is 0.0405 e. The largest absolute Gasteiger partial charge is 0.323 e. The Bertz CT molecular complexity index is 491. The first-order valence-corrected chi connectivity index (χ1v) is 7.01. The third-order valence-electron chi connectivity index (χ3n) is 2.81. The van der Waals surface area contributed by atoms with Crippen LogP contribution in [0.5, 0.6) is 0 Å². The van der Waals surface area contributed by atoms with Gasteiger partial charge in [0.15, 0.2) is 0 Å². The van der Waals surface area contributed by atoms with Gasteiger partial charge in [0.25, 0.3) is 0 Å². The lowest BCUT2D eigenvalue weighted by molar-refractivity contribution is 0.822. The molecule has 2 aromatic rings. The van der Waals surface area contributed by atoms with Gasteiger partial charge in [0.05, 0.1) is 0 Å². The van der Waals surface area contributed by atoms with E-state index in [1.807, 2.05) is 19.2 Å². The number of hydrogen-bond donors (Lipinski definition) is 1. The van der Waals surface area contributed by atoms with Gasteiger partial charge in [-0.15, -0.1) is 11.8 Å². The molecule has 0 bridgehead atoms. The highest BCUT2D eigenvalue weighted by molar-refractivity contribution is 7.99. The number of hydrogen-bond acceptors (Lipinski definition) is 3. The molecule has 0 aliphatic carbocycles. The van der Waals surface area contributed by atoms with Crippen molar-refractivity contribution in [1.29, 1.82) is 0 Å². The van der Waals surface area contributed by atoms with Crippen LogP contribution in [0.25, 0.3) is 0 Å². The van der Waals surface area contributed by atoms with Crippen molar-refractivity contribution in [2.24, 2.45) is 5.73 Å². The molecule has 0 aliphatic heterocycles. The lowest BCUT2D eigenvalue weighted by Crippen LogP contribution is -2.13. The third kappa shape index (κ3) is 3.59. The standard InChI is InChI=1S/C15H18N2S/c1-11-3-7-14(8-4-11)18-10-15(16)13-6-5-12(2)17-9-13/h3-9,15H,10,16H2,1-2H3. The molecule has 0 spiro atoms. The van der Waals surface area contributed by atoms with Gasteiger partial charge in [-0.05, 0) is 37.6 Å². The first kappa shape index (κ1) is 13.1. The maximum absolute atomic E-state index is 6.16. The zero-order chi connectivity index (χ0) is 13.0. The van der Waals surface area contributed by atoms with Gasteiger partial charge >= 0.3 is 0 Å². The quantitative estimate of drug-likeness (QED) is 0.853. The maximum Gasteiger partial charge on any atom is 0.0405 e. The van der Waals surface area contributed by atoms with Crippen LogP contribution >= 0.6 is 11.8 Å². The summed E-state index contributed by atoms with van der Waals surface area (Å²) in [5.41, 5.74) is 9.57. The van der Waals surface area contributed by atoms with E-state index in [9.17, 15) is 0 Å². The van der Waals surface area contributed by atoms with Crippen molar-refractivity contribution >= 4 is 11.8 Å². The van der Waals surface area contributed by atoms with Gasteiger partial charge < -0.3 is 5.73 Å². The van der Waals surface area contributed by atoms with E-state index in [1.165, 1.54) is 10.5 Å². The summed E-state index contributed by atoms with van der Waals surface area (Å²) in [5, 5.41) is 0. The van der Waals surface area contributed by atoms with Crippen LogP contribution in [0.3, 0.4) is 0 Å². The van der Waals surface area contributed by atoms with Crippen LogP contribution < -0.4 is 5.73 Å². The van der Waals surface area contributed by atoms with Gasteiger partial charge in [0, 0.05) is 28.6 Å². The van der Waals surface area contributed by atoms with Crippen LogP contribution in [0.15, 0.2) is 47.5 Å². The lowest BCUT2D eigenvalue weighted by Gasteiger charge is -2.11. The average Bonchev–Trinajstić information content (AvgIpc) is 2.38. The summed E-state index contributed by atoms with van der Waals surface area (Å²) < 4.78 is 0. The highest BCUT2D eigenvalue weighted by atomic mass is 32.2. The fourth-order valence-electron chi connectivity index (χ4n) is 1.62. The molecule has 0 saturated carbocycles. The van der Waals surface area contributed by atoms with Crippen molar-refractivity contribution < 1.29 is 0 Å². The molecule has 0 radical (unpaired) electrons. The summed E-state index contributed by atoms with van der Waals surface area (Å²) in [7, 11) is 0. The SMILES string of the molecule is Cc1ccc(SCC(N)c2ccc(C)nc2)cc1. The summed E-state index contributed by atoms with van der Waals surface area (Å²) >= 11 is 1.78. The van der Waals surface area contributed by atoms with E-state index in [4.69, 9.17) is 5.73 Å². The number of thioether (sulfide) groups is 1. The van der Waals surface area contributed by atoms with E-state index in [2.05, 4.69) is 42.2 Å². The van der Waals surface area contributed by atoms with E-state index in [0.29, 0.717) is 0 Å². The number of pyridine rings is 1. The van der Waals surface area contributed by atoms with E-state index >= 15 is 0 Å². The first-order valence-electron chi connectivity index (χ1n) is 6.03. The van der Waals surface area contributed by atoms with Crippen LogP contribution in [0, 0.1) is 13.8 Å². The zero-order valence-electron chi connectivity index (χ0n) is 10.8. The highest BCUT2D eigenvalue weighted by Gasteiger charge is 2.06. The molecule has 2 N–H and O–H groups in total. The molecular formula is C15H18N2S. The van der Waals surface area contributed by atoms with Crippen molar-refractivity contribution in [3.63, 3.8) is 0 Å². The zero-order valence-corrected chi connectivity index (χ0v) is 11.6. The van der Waals surface area contributed by atoms with E-state index in [-0.39, 0.29) is 6.04 Å². The Morgan fingerprint density at radius 1 is 1.11 bits per heavy atom. The highest BCUT2D eigenvalue weighted by Crippen LogP contribution is 2.23. The Labute approximate surface area is 113 Å². The second-order valence-corrected chi connectivity index (χ2v) is 5.56. The monoisotopic (exact) mass is 258 g/mol. The molecule has 2 rings (SSSR count). The minimum Gasteiger partial charge on any atom is -0.323 e. The summed E-state index contributed by atoms with van der Waals surface area (Å²) in [6.45, 7) is 4.08. The summed E-state index contributed by atoms with van der Waals surface area (Å²) in [6, 6.07) is 12.6. The Hall–Kier alpha value is -1.32. The van der Waals surface area contributed by atoms with Gasteiger partial charge in [0.2, 0.25) is 0 Å². The first-order chi connectivity index (χ1) is 8.65. The van der Waals surface area contributed by atoms with Crippen LogP contribution in [-0.4, -0.2) is 10.7 Å². The molecule has 0 amide bonds. The molecule has 1 aromatic carbocycles. The van der Waals surface area contributed by atoms with E-state index < -0.39 is 0 Å². The topological polar surface area (TPSA) is 38.9 Å². The minimum atomic E-state index is 0.0319. The van der Waals surface area contributed by atoms with E-state index in [0.717, 1.165) is 17.0 Å². The molecule has 1 unspecified atom stereocenters. The Morgan fingerprint density at radius 2 is 1.83 bits per heavy atom. The lowest BCUT2D eigenvalue weighted by atomic mass is 10.1. The fourth-order valence-corrected chi connectivity index (χ4v) is 2.51. The van der Waals surface area contributed by atoms with Crippen LogP contribution in [0.1, 0.15) is 22.9 Å². The van der Waals surface area contributed by atoms with Crippen LogP contribution in [0.2, 0.25) is 0 Å². The van der Waals surface area contributed by atoms with E-state index in [1.54, 1.807) is 11.8 Å². The Morgan fingerprint density at radius 3 is 2.44 bits per heavy atom. The number of nitrogens with two attached hydrogens (primary N) is 1. The number of aryl methyl sites for hydroxylation is 2. The second-order valence-electron chi connectivity index (χ2n) is 4.46. The Kier molecular flexibility index (Phi) is 4.39. The number of rotatable bonds is 4. The van der Waals surface area contributed by atoms with Gasteiger partial charge in [-0.3, -0.25) is 4.98 Å². The molecule has 1 aromatic heterocycles. The van der Waals surface area contributed by atoms with Gasteiger partial charge in [0.1, 0.15) is 0 Å².